The quantitative estimate of drug-likeness (QED) is 0.799. The van der Waals surface area contributed by atoms with Crippen molar-refractivity contribution in [1.82, 2.24) is 4.98 Å². The molecule has 1 aromatic heterocycles. The molecule has 0 saturated heterocycles. The molecule has 2 rings (SSSR count). The van der Waals surface area contributed by atoms with Gasteiger partial charge in [-0.15, -0.1) is 0 Å². The normalized spacial score (nSPS) is 15.4. The molecule has 0 radical (unpaired) electrons. The molecule has 17 heavy (non-hydrogen) atoms. The Hall–Kier alpha value is -1.61. The van der Waals surface area contributed by atoms with Gasteiger partial charge in [-0.25, -0.2) is 13.4 Å². The van der Waals surface area contributed by atoms with Crippen LogP contribution in [0.1, 0.15) is 18.5 Å². The molecule has 0 spiro atoms. The summed E-state index contributed by atoms with van der Waals surface area (Å²) in [5.74, 6) is 0. The Labute approximate surface area is 101 Å². The monoisotopic (exact) mass is 251 g/mol. The van der Waals surface area contributed by atoms with Crippen molar-refractivity contribution in [2.24, 2.45) is 0 Å². The summed E-state index contributed by atoms with van der Waals surface area (Å²) in [4.78, 5) is 5.74. The first-order valence-corrected chi connectivity index (χ1v) is 6.83. The largest absolute Gasteiger partial charge is 0.376 e. The summed E-state index contributed by atoms with van der Waals surface area (Å²) in [7, 11) is 0.228. The van der Waals surface area contributed by atoms with Crippen LogP contribution in [0.5, 0.6) is 0 Å². The van der Waals surface area contributed by atoms with Crippen LogP contribution in [0.15, 0.2) is 17.2 Å². The van der Waals surface area contributed by atoms with Gasteiger partial charge in [-0.05, 0) is 18.9 Å². The highest BCUT2D eigenvalue weighted by Crippen LogP contribution is 2.35. The van der Waals surface area contributed by atoms with Crippen molar-refractivity contribution in [2.45, 2.75) is 23.0 Å². The molecule has 1 heterocycles. The van der Waals surface area contributed by atoms with Gasteiger partial charge in [-0.3, -0.25) is 0 Å². The van der Waals surface area contributed by atoms with Gasteiger partial charge in [0.2, 0.25) is 0 Å². The minimum Gasteiger partial charge on any atom is -0.376 e. The van der Waals surface area contributed by atoms with Crippen LogP contribution in [-0.4, -0.2) is 32.7 Å². The number of nitriles is 1. The third-order valence-electron chi connectivity index (χ3n) is 2.73. The van der Waals surface area contributed by atoms with Crippen molar-refractivity contribution in [3.05, 3.63) is 18.0 Å². The molecule has 0 atom stereocenters. The minimum absolute atomic E-state index is 0.0116. The maximum atomic E-state index is 12.1. The van der Waals surface area contributed by atoms with Crippen molar-refractivity contribution in [3.8, 4) is 6.07 Å². The maximum Gasteiger partial charge on any atom is 0.184 e. The smallest absolute Gasteiger partial charge is 0.184 e. The van der Waals surface area contributed by atoms with Crippen LogP contribution in [0, 0.1) is 11.3 Å². The van der Waals surface area contributed by atoms with Crippen molar-refractivity contribution in [1.29, 1.82) is 5.26 Å². The fraction of sp³-hybridized carbons (Fsp3) is 0.455. The van der Waals surface area contributed by atoms with E-state index in [4.69, 9.17) is 5.26 Å². The Balaban J connectivity index is 2.58. The molecule has 1 fully saturated rings. The Morgan fingerprint density at radius 2 is 2.12 bits per heavy atom. The topological polar surface area (TPSA) is 74.1 Å². The van der Waals surface area contributed by atoms with Gasteiger partial charge in [0, 0.05) is 14.1 Å². The number of nitrogens with zero attached hydrogens (tertiary/aromatic N) is 3. The predicted molar refractivity (Wildman–Crippen MR) is 63.5 cm³/mol. The minimum atomic E-state index is -3.38. The summed E-state index contributed by atoms with van der Waals surface area (Å²) in [6.45, 7) is 0. The number of rotatable bonds is 3. The van der Waals surface area contributed by atoms with E-state index < -0.39 is 9.84 Å². The fourth-order valence-electron chi connectivity index (χ4n) is 1.54. The first kappa shape index (κ1) is 11.9. The maximum absolute atomic E-state index is 12.1. The van der Waals surface area contributed by atoms with Crippen molar-refractivity contribution in [2.75, 3.05) is 19.0 Å². The molecule has 0 bridgehead atoms. The lowest BCUT2D eigenvalue weighted by Crippen LogP contribution is -2.14. The molecule has 0 N–H and O–H groups in total. The molecule has 0 aliphatic heterocycles. The van der Waals surface area contributed by atoms with Gasteiger partial charge in [0.15, 0.2) is 15.5 Å². The molecule has 90 valence electrons. The van der Waals surface area contributed by atoms with Gasteiger partial charge in [0.05, 0.1) is 17.1 Å². The fourth-order valence-corrected chi connectivity index (χ4v) is 3.31. The third kappa shape index (κ3) is 2.11. The van der Waals surface area contributed by atoms with E-state index in [2.05, 4.69) is 4.98 Å². The summed E-state index contributed by atoms with van der Waals surface area (Å²) < 4.78 is 24.3. The lowest BCUT2D eigenvalue weighted by atomic mass is 10.3. The zero-order valence-electron chi connectivity index (χ0n) is 9.71. The Morgan fingerprint density at radius 1 is 1.47 bits per heavy atom. The van der Waals surface area contributed by atoms with Crippen LogP contribution in [-0.2, 0) is 9.84 Å². The van der Waals surface area contributed by atoms with Crippen LogP contribution in [0.25, 0.3) is 0 Å². The number of sulfone groups is 1. The lowest BCUT2D eigenvalue weighted by molar-refractivity contribution is 0.594. The van der Waals surface area contributed by atoms with Gasteiger partial charge in [-0.1, -0.05) is 0 Å². The highest BCUT2D eigenvalue weighted by atomic mass is 32.2. The highest BCUT2D eigenvalue weighted by Gasteiger charge is 2.38. The van der Waals surface area contributed by atoms with Crippen LogP contribution in [0.2, 0.25) is 0 Å². The van der Waals surface area contributed by atoms with Gasteiger partial charge >= 0.3 is 0 Å². The number of aromatic nitrogens is 1. The van der Waals surface area contributed by atoms with Gasteiger partial charge in [0.25, 0.3) is 0 Å². The second-order valence-electron chi connectivity index (χ2n) is 4.29. The average molecular weight is 251 g/mol. The number of anilines is 1. The molecule has 1 saturated carbocycles. The average Bonchev–Trinajstić information content (AvgIpc) is 3.12. The van der Waals surface area contributed by atoms with Crippen molar-refractivity contribution >= 4 is 15.5 Å². The van der Waals surface area contributed by atoms with Gasteiger partial charge in [0.1, 0.15) is 11.0 Å². The van der Waals surface area contributed by atoms with E-state index in [-0.39, 0.29) is 15.8 Å². The Bertz CT molecular complexity index is 583. The second-order valence-corrected chi connectivity index (χ2v) is 6.49. The number of hydrogen-bond acceptors (Lipinski definition) is 5. The van der Waals surface area contributed by atoms with E-state index in [1.54, 1.807) is 19.0 Å². The lowest BCUT2D eigenvalue weighted by Gasteiger charge is -2.13. The van der Waals surface area contributed by atoms with E-state index in [0.29, 0.717) is 18.5 Å². The SMILES string of the molecule is CN(C)c1cnc(C#N)c(S(=O)(=O)C2CC2)c1. The molecule has 6 heteroatoms. The summed E-state index contributed by atoms with van der Waals surface area (Å²) in [6, 6.07) is 3.37. The zero-order valence-corrected chi connectivity index (χ0v) is 10.5. The van der Waals surface area contributed by atoms with Crippen molar-refractivity contribution < 1.29 is 8.42 Å². The summed E-state index contributed by atoms with van der Waals surface area (Å²) >= 11 is 0. The molecular formula is C11H13N3O2S. The predicted octanol–water partition coefficient (Wildman–Crippen LogP) is 0.955. The summed E-state index contributed by atoms with van der Waals surface area (Å²) in [5, 5.41) is 8.60. The van der Waals surface area contributed by atoms with E-state index in [1.807, 2.05) is 6.07 Å². The number of hydrogen-bond donors (Lipinski definition) is 0. The van der Waals surface area contributed by atoms with Gasteiger partial charge in [-0.2, -0.15) is 5.26 Å². The second kappa shape index (κ2) is 4.00. The first-order valence-electron chi connectivity index (χ1n) is 5.28. The highest BCUT2D eigenvalue weighted by molar-refractivity contribution is 7.92. The third-order valence-corrected chi connectivity index (χ3v) is 5.00. The summed E-state index contributed by atoms with van der Waals surface area (Å²) in [6.07, 6.45) is 2.86. The van der Waals surface area contributed by atoms with E-state index in [0.717, 1.165) is 0 Å². The summed E-state index contributed by atoms with van der Waals surface area (Å²) in [5.41, 5.74) is 0.672. The molecule has 0 amide bonds. The molecule has 1 aliphatic carbocycles. The van der Waals surface area contributed by atoms with E-state index in [9.17, 15) is 8.42 Å². The molecule has 0 unspecified atom stereocenters. The van der Waals surface area contributed by atoms with Gasteiger partial charge < -0.3 is 4.90 Å². The zero-order chi connectivity index (χ0) is 12.6. The Kier molecular flexibility index (Phi) is 2.79. The van der Waals surface area contributed by atoms with E-state index >= 15 is 0 Å². The van der Waals surface area contributed by atoms with Crippen LogP contribution < -0.4 is 4.90 Å². The molecule has 0 aromatic carbocycles. The molecule has 1 aromatic rings. The van der Waals surface area contributed by atoms with Crippen LogP contribution >= 0.6 is 0 Å². The number of pyridine rings is 1. The Morgan fingerprint density at radius 3 is 2.59 bits per heavy atom. The first-order chi connectivity index (χ1) is 7.96. The van der Waals surface area contributed by atoms with Crippen LogP contribution in [0.3, 0.4) is 0 Å². The van der Waals surface area contributed by atoms with E-state index in [1.165, 1.54) is 12.3 Å². The molecular weight excluding hydrogens is 238 g/mol. The standard InChI is InChI=1S/C11H13N3O2S/c1-14(2)8-5-11(10(6-12)13-7-8)17(15,16)9-3-4-9/h5,7,9H,3-4H2,1-2H3. The van der Waals surface area contributed by atoms with Crippen molar-refractivity contribution in [3.63, 3.8) is 0 Å². The molecule has 5 nitrogen and oxygen atoms in total. The van der Waals surface area contributed by atoms with Crippen LogP contribution in [0.4, 0.5) is 5.69 Å². The molecule has 1 aliphatic rings.